The molecule has 1 unspecified atom stereocenters. The molecule has 104 valence electrons. The molecule has 1 fully saturated rings. The summed E-state index contributed by atoms with van der Waals surface area (Å²) in [6.45, 7) is 4.66. The number of methoxy groups -OCH3 is 1. The largest absolute Gasteiger partial charge is 0.494 e. The number of nitrogens with one attached hydrogen (secondary N) is 1. The maximum Gasteiger partial charge on any atom is 0.228 e. The molecule has 2 rings (SSSR count). The Morgan fingerprint density at radius 2 is 2.21 bits per heavy atom. The minimum atomic E-state index is -0.451. The van der Waals surface area contributed by atoms with Crippen molar-refractivity contribution in [2.45, 2.75) is 32.4 Å². The molecular weight excluding hydrogens is 247 g/mol. The lowest BCUT2D eigenvalue weighted by molar-refractivity contribution is -0.117. The fourth-order valence-corrected chi connectivity index (χ4v) is 2.36. The molecule has 0 aliphatic carbocycles. The molecule has 1 heterocycles. The second-order valence-corrected chi connectivity index (χ2v) is 5.05. The van der Waals surface area contributed by atoms with E-state index < -0.39 is 5.82 Å². The molecule has 0 aromatic heterocycles. The quantitative estimate of drug-likeness (QED) is 0.905. The van der Waals surface area contributed by atoms with Crippen LogP contribution in [-0.4, -0.2) is 31.6 Å². The van der Waals surface area contributed by atoms with Gasteiger partial charge in [-0.05, 0) is 12.1 Å². The van der Waals surface area contributed by atoms with E-state index in [9.17, 15) is 9.18 Å². The van der Waals surface area contributed by atoms with Crippen molar-refractivity contribution in [1.82, 2.24) is 5.32 Å². The molecular formula is C14H19FN2O2. The number of halogens is 1. The Balaban J connectivity index is 2.14. The summed E-state index contributed by atoms with van der Waals surface area (Å²) in [7, 11) is 1.42. The van der Waals surface area contributed by atoms with Gasteiger partial charge in [-0.3, -0.25) is 4.79 Å². The monoisotopic (exact) mass is 266 g/mol. The van der Waals surface area contributed by atoms with Crippen molar-refractivity contribution in [2.75, 3.05) is 18.6 Å². The van der Waals surface area contributed by atoms with Crippen molar-refractivity contribution in [3.63, 3.8) is 0 Å². The highest BCUT2D eigenvalue weighted by molar-refractivity contribution is 5.96. The number of hydrogen-bond acceptors (Lipinski definition) is 3. The molecule has 1 aromatic carbocycles. The average Bonchev–Trinajstić information content (AvgIpc) is 2.69. The lowest BCUT2D eigenvalue weighted by Crippen LogP contribution is -2.37. The van der Waals surface area contributed by atoms with Crippen LogP contribution in [0.5, 0.6) is 5.75 Å². The lowest BCUT2D eigenvalue weighted by atomic mass is 10.2. The van der Waals surface area contributed by atoms with Gasteiger partial charge in [-0.15, -0.1) is 0 Å². The number of nitrogens with zero attached hydrogens (tertiary/aromatic N) is 1. The third kappa shape index (κ3) is 3.04. The van der Waals surface area contributed by atoms with Gasteiger partial charge in [0, 0.05) is 36.8 Å². The van der Waals surface area contributed by atoms with Gasteiger partial charge in [0.25, 0.3) is 0 Å². The van der Waals surface area contributed by atoms with Crippen molar-refractivity contribution >= 4 is 11.6 Å². The molecule has 1 aliphatic heterocycles. The third-order valence-electron chi connectivity index (χ3n) is 3.14. The molecule has 1 aliphatic rings. The summed E-state index contributed by atoms with van der Waals surface area (Å²) in [6, 6.07) is 5.04. The number of amides is 1. The zero-order chi connectivity index (χ0) is 14.0. The van der Waals surface area contributed by atoms with Gasteiger partial charge in [0.1, 0.15) is 0 Å². The molecule has 19 heavy (non-hydrogen) atoms. The van der Waals surface area contributed by atoms with E-state index in [2.05, 4.69) is 5.32 Å². The number of anilines is 1. The van der Waals surface area contributed by atoms with Crippen molar-refractivity contribution in [3.8, 4) is 5.75 Å². The van der Waals surface area contributed by atoms with E-state index in [1.54, 1.807) is 17.0 Å². The molecule has 1 N–H and O–H groups in total. The predicted octanol–water partition coefficient (Wildman–Crippen LogP) is 1.94. The SMILES string of the molecule is COc1ccc(N2CC(NC(C)C)CC2=O)cc1F. The summed E-state index contributed by atoms with van der Waals surface area (Å²) < 4.78 is 18.5. The maximum absolute atomic E-state index is 13.7. The van der Waals surface area contributed by atoms with Gasteiger partial charge in [0.15, 0.2) is 11.6 Å². The Morgan fingerprint density at radius 1 is 1.47 bits per heavy atom. The molecule has 1 amide bonds. The fraction of sp³-hybridized carbons (Fsp3) is 0.500. The van der Waals surface area contributed by atoms with Crippen LogP contribution in [0.25, 0.3) is 0 Å². The van der Waals surface area contributed by atoms with Crippen molar-refractivity contribution in [3.05, 3.63) is 24.0 Å². The summed E-state index contributed by atoms with van der Waals surface area (Å²) in [5, 5.41) is 3.33. The molecule has 0 spiro atoms. The molecule has 4 nitrogen and oxygen atoms in total. The number of hydrogen-bond donors (Lipinski definition) is 1. The third-order valence-corrected chi connectivity index (χ3v) is 3.14. The van der Waals surface area contributed by atoms with E-state index in [0.717, 1.165) is 0 Å². The molecule has 0 saturated carbocycles. The first-order chi connectivity index (χ1) is 9.01. The second-order valence-electron chi connectivity index (χ2n) is 5.05. The summed E-state index contributed by atoms with van der Waals surface area (Å²) in [6.07, 6.45) is 0.450. The minimum absolute atomic E-state index is 0.0164. The first-order valence-corrected chi connectivity index (χ1v) is 6.41. The second kappa shape index (κ2) is 5.57. The highest BCUT2D eigenvalue weighted by Crippen LogP contribution is 2.26. The van der Waals surface area contributed by atoms with Gasteiger partial charge in [0.2, 0.25) is 5.91 Å². The Kier molecular flexibility index (Phi) is 4.04. The normalized spacial score (nSPS) is 19.3. The van der Waals surface area contributed by atoms with Crippen LogP contribution in [-0.2, 0) is 4.79 Å². The molecule has 0 bridgehead atoms. The van der Waals surface area contributed by atoms with Gasteiger partial charge >= 0.3 is 0 Å². The van der Waals surface area contributed by atoms with Crippen LogP contribution in [0.3, 0.4) is 0 Å². The van der Waals surface area contributed by atoms with Crippen LogP contribution in [0.15, 0.2) is 18.2 Å². The van der Waals surface area contributed by atoms with Gasteiger partial charge in [-0.2, -0.15) is 0 Å². The minimum Gasteiger partial charge on any atom is -0.494 e. The zero-order valence-electron chi connectivity index (χ0n) is 11.4. The van der Waals surface area contributed by atoms with Crippen LogP contribution >= 0.6 is 0 Å². The van der Waals surface area contributed by atoms with Gasteiger partial charge < -0.3 is 15.0 Å². The molecule has 1 atom stereocenters. The Labute approximate surface area is 112 Å². The Hall–Kier alpha value is -1.62. The summed E-state index contributed by atoms with van der Waals surface area (Å²) >= 11 is 0. The van der Waals surface area contributed by atoms with E-state index in [-0.39, 0.29) is 17.7 Å². The van der Waals surface area contributed by atoms with Gasteiger partial charge in [-0.1, -0.05) is 13.8 Å². The Bertz CT molecular complexity index is 477. The predicted molar refractivity (Wildman–Crippen MR) is 72.0 cm³/mol. The number of benzene rings is 1. The highest BCUT2D eigenvalue weighted by atomic mass is 19.1. The topological polar surface area (TPSA) is 41.6 Å². The van der Waals surface area contributed by atoms with E-state index in [4.69, 9.17) is 4.74 Å². The van der Waals surface area contributed by atoms with Crippen LogP contribution in [0.2, 0.25) is 0 Å². The van der Waals surface area contributed by atoms with Gasteiger partial charge in [0.05, 0.1) is 7.11 Å². The number of carbonyl (C=O) groups is 1. The van der Waals surface area contributed by atoms with E-state index in [1.165, 1.54) is 13.2 Å². The lowest BCUT2D eigenvalue weighted by Gasteiger charge is -2.19. The van der Waals surface area contributed by atoms with E-state index in [0.29, 0.717) is 24.7 Å². The van der Waals surface area contributed by atoms with Crippen LogP contribution in [0, 0.1) is 5.82 Å². The van der Waals surface area contributed by atoms with Crippen LogP contribution in [0.4, 0.5) is 10.1 Å². The van der Waals surface area contributed by atoms with Crippen LogP contribution in [0.1, 0.15) is 20.3 Å². The number of rotatable bonds is 4. The molecule has 0 radical (unpaired) electrons. The highest BCUT2D eigenvalue weighted by Gasteiger charge is 2.31. The zero-order valence-corrected chi connectivity index (χ0v) is 11.4. The van der Waals surface area contributed by atoms with E-state index in [1.807, 2.05) is 13.8 Å². The Morgan fingerprint density at radius 3 is 2.79 bits per heavy atom. The summed E-state index contributed by atoms with van der Waals surface area (Å²) in [5.74, 6) is -0.247. The summed E-state index contributed by atoms with van der Waals surface area (Å²) in [5.41, 5.74) is 0.580. The van der Waals surface area contributed by atoms with Crippen molar-refractivity contribution < 1.29 is 13.9 Å². The number of carbonyl (C=O) groups excluding carboxylic acids is 1. The first kappa shape index (κ1) is 13.8. The first-order valence-electron chi connectivity index (χ1n) is 6.41. The molecule has 5 heteroatoms. The van der Waals surface area contributed by atoms with Crippen LogP contribution < -0.4 is 15.0 Å². The fourth-order valence-electron chi connectivity index (χ4n) is 2.36. The van der Waals surface area contributed by atoms with Crippen molar-refractivity contribution in [1.29, 1.82) is 0 Å². The van der Waals surface area contributed by atoms with E-state index >= 15 is 0 Å². The smallest absolute Gasteiger partial charge is 0.228 e. The van der Waals surface area contributed by atoms with Gasteiger partial charge in [-0.25, -0.2) is 4.39 Å². The summed E-state index contributed by atoms with van der Waals surface area (Å²) in [4.78, 5) is 13.6. The molecule has 1 aromatic rings. The van der Waals surface area contributed by atoms with Crippen molar-refractivity contribution in [2.24, 2.45) is 0 Å². The average molecular weight is 266 g/mol. The standard InChI is InChI=1S/C14H19FN2O2/c1-9(2)16-10-6-14(18)17(8-10)11-4-5-13(19-3)12(15)7-11/h4-5,7,9-10,16H,6,8H2,1-3H3. The molecule has 1 saturated heterocycles. The number of ether oxygens (including phenoxy) is 1. The maximum atomic E-state index is 13.7.